The summed E-state index contributed by atoms with van der Waals surface area (Å²) in [6.45, 7) is 2.75. The SMILES string of the molecule is CC/C=C\C/C=C\C/C=C\C/C=C\C/C=C\C/C=C\C/C=C\C/C=C\C/C=C\CCCCCCCC(=O)NC(COC1OC(CO)C(OC2OC(CO)C(O)C(O)C2O)C(O)C1O)C(O)CCCCCCCCCCCCCCCCCCCCCCCC. The van der Waals surface area contributed by atoms with Crippen LogP contribution in [0.3, 0.4) is 0 Å². The Bertz CT molecular complexity index is 1910. The third-order valence-electron chi connectivity index (χ3n) is 16.8. The van der Waals surface area contributed by atoms with Gasteiger partial charge in [-0.05, 0) is 83.5 Å². The summed E-state index contributed by atoms with van der Waals surface area (Å²) in [6, 6.07) is -0.849. The maximum atomic E-state index is 13.4. The van der Waals surface area contributed by atoms with Crippen molar-refractivity contribution in [2.24, 2.45) is 0 Å². The Balaban J connectivity index is 1.69. The highest BCUT2D eigenvalue weighted by Gasteiger charge is 2.51. The second-order valence-corrected chi connectivity index (χ2v) is 24.6. The summed E-state index contributed by atoms with van der Waals surface area (Å²) in [5.74, 6) is -0.227. The van der Waals surface area contributed by atoms with Crippen LogP contribution in [0.1, 0.15) is 264 Å². The molecule has 2 aliphatic heterocycles. The smallest absolute Gasteiger partial charge is 0.220 e. The van der Waals surface area contributed by atoms with E-state index in [1.165, 1.54) is 116 Å². The van der Waals surface area contributed by atoms with Gasteiger partial charge in [-0.15, -0.1) is 0 Å². The molecule has 0 aromatic rings. The first-order chi connectivity index (χ1) is 43.6. The summed E-state index contributed by atoms with van der Waals surface area (Å²) in [4.78, 5) is 13.4. The van der Waals surface area contributed by atoms with Crippen molar-refractivity contribution < 1.29 is 64.6 Å². The van der Waals surface area contributed by atoms with E-state index in [0.717, 1.165) is 116 Å². The molecule has 2 heterocycles. The van der Waals surface area contributed by atoms with Crippen LogP contribution < -0.4 is 5.32 Å². The summed E-state index contributed by atoms with van der Waals surface area (Å²) in [7, 11) is 0. The van der Waals surface area contributed by atoms with Gasteiger partial charge in [0.05, 0.1) is 32.0 Å². The van der Waals surface area contributed by atoms with Crippen LogP contribution in [0.15, 0.2) is 109 Å². The molecule has 2 saturated heterocycles. The van der Waals surface area contributed by atoms with Crippen LogP contribution >= 0.6 is 0 Å². The fraction of sp³-hybridized carbons (Fsp3) is 0.747. The predicted molar refractivity (Wildman–Crippen MR) is 364 cm³/mol. The van der Waals surface area contributed by atoms with Crippen LogP contribution in [0.2, 0.25) is 0 Å². The number of amides is 1. The zero-order valence-corrected chi connectivity index (χ0v) is 55.6. The van der Waals surface area contributed by atoms with Crippen LogP contribution in [0.4, 0.5) is 0 Å². The summed E-state index contributed by atoms with van der Waals surface area (Å²) in [6.07, 6.45) is 66.6. The molecule has 0 aromatic carbocycles. The number of hydrogen-bond donors (Lipinski definition) is 9. The van der Waals surface area contributed by atoms with Crippen molar-refractivity contribution in [3.05, 3.63) is 109 Å². The minimum Gasteiger partial charge on any atom is -0.394 e. The molecule has 0 aromatic heterocycles. The molecule has 12 atom stereocenters. The standard InChI is InChI=1S/C75H129NO13/c1-3-5-7-9-11-13-15-17-19-21-23-25-27-28-29-30-31-32-33-34-35-36-37-39-41-43-45-47-49-51-53-55-57-59-67(80)76-63(62-86-74-72(85)70(83)73(66(61-78)88-74)89-75-71(84)69(82)68(81)65(60-77)87-75)64(79)58-56-54-52-50-48-46-44-42-40-38-26-24-22-20-18-16-14-12-10-8-6-4-2/h5,7,11,13,17,19,23,25,28-29,31-32,34-35,37,39,43,45,63-66,68-75,77-79,81-85H,3-4,6,8-10,12,14-16,18,20-22,24,26-27,30,33,36,38,40-42,44,46-62H2,1-2H3,(H,76,80)/b7-5-,13-11-,19-17-,25-23-,29-28-,32-31-,35-34-,39-37-,45-43-. The minimum absolute atomic E-state index is 0.227. The molecule has 0 saturated carbocycles. The number of carbonyl (C=O) groups is 1. The van der Waals surface area contributed by atoms with Crippen LogP contribution in [-0.4, -0.2) is 140 Å². The van der Waals surface area contributed by atoms with Crippen molar-refractivity contribution in [2.75, 3.05) is 19.8 Å². The lowest BCUT2D eigenvalue weighted by Crippen LogP contribution is -2.65. The topological polar surface area (TPSA) is 228 Å². The normalized spacial score (nSPS) is 23.7. The fourth-order valence-corrected chi connectivity index (χ4v) is 11.1. The molecule has 2 rings (SSSR count). The molecule has 512 valence electrons. The third kappa shape index (κ3) is 42.5. The maximum Gasteiger partial charge on any atom is 0.220 e. The maximum absolute atomic E-state index is 13.4. The van der Waals surface area contributed by atoms with E-state index in [1.807, 2.05) is 0 Å². The first-order valence-corrected chi connectivity index (χ1v) is 35.6. The largest absolute Gasteiger partial charge is 0.394 e. The molecule has 0 aliphatic carbocycles. The minimum atomic E-state index is -1.79. The highest BCUT2D eigenvalue weighted by molar-refractivity contribution is 5.76. The molecule has 2 aliphatic rings. The number of nitrogens with one attached hydrogen (secondary N) is 1. The fourth-order valence-electron chi connectivity index (χ4n) is 11.1. The predicted octanol–water partition coefficient (Wildman–Crippen LogP) is 14.7. The number of ether oxygens (including phenoxy) is 4. The van der Waals surface area contributed by atoms with Gasteiger partial charge >= 0.3 is 0 Å². The van der Waals surface area contributed by atoms with Crippen molar-refractivity contribution in [2.45, 2.75) is 338 Å². The average Bonchev–Trinajstić information content (AvgIpc) is 2.75. The van der Waals surface area contributed by atoms with Gasteiger partial charge in [-0.3, -0.25) is 4.79 Å². The second kappa shape index (κ2) is 58.5. The lowest BCUT2D eigenvalue weighted by Gasteiger charge is -2.46. The highest BCUT2D eigenvalue weighted by atomic mass is 16.7. The van der Waals surface area contributed by atoms with Crippen molar-refractivity contribution in [3.8, 4) is 0 Å². The Kier molecular flexibility index (Phi) is 53.7. The van der Waals surface area contributed by atoms with Crippen LogP contribution in [0.25, 0.3) is 0 Å². The van der Waals surface area contributed by atoms with Gasteiger partial charge in [-0.1, -0.05) is 284 Å². The zero-order valence-electron chi connectivity index (χ0n) is 55.6. The lowest BCUT2D eigenvalue weighted by molar-refractivity contribution is -0.359. The Hall–Kier alpha value is -3.35. The number of unbranched alkanes of at least 4 members (excludes halogenated alkanes) is 26. The zero-order chi connectivity index (χ0) is 64.5. The lowest BCUT2D eigenvalue weighted by atomic mass is 9.97. The van der Waals surface area contributed by atoms with Crippen molar-refractivity contribution in [1.29, 1.82) is 0 Å². The molecule has 14 heteroatoms. The van der Waals surface area contributed by atoms with Gasteiger partial charge in [0, 0.05) is 6.42 Å². The molecule has 9 N–H and O–H groups in total. The first-order valence-electron chi connectivity index (χ1n) is 35.6. The molecular formula is C75H129NO13. The highest BCUT2D eigenvalue weighted by Crippen LogP contribution is 2.30. The van der Waals surface area contributed by atoms with Crippen molar-refractivity contribution in [3.63, 3.8) is 0 Å². The van der Waals surface area contributed by atoms with Crippen molar-refractivity contribution in [1.82, 2.24) is 5.32 Å². The van der Waals surface area contributed by atoms with Gasteiger partial charge in [0.15, 0.2) is 12.6 Å². The second-order valence-electron chi connectivity index (χ2n) is 24.6. The molecule has 0 bridgehead atoms. The number of aliphatic hydroxyl groups is 8. The molecule has 89 heavy (non-hydrogen) atoms. The molecule has 14 nitrogen and oxygen atoms in total. The van der Waals surface area contributed by atoms with Gasteiger partial charge in [0.25, 0.3) is 0 Å². The molecule has 2 fully saturated rings. The van der Waals surface area contributed by atoms with Gasteiger partial charge in [0.1, 0.15) is 48.8 Å². The monoisotopic (exact) mass is 1250 g/mol. The van der Waals surface area contributed by atoms with E-state index in [-0.39, 0.29) is 18.9 Å². The van der Waals surface area contributed by atoms with Gasteiger partial charge < -0.3 is 65.1 Å². The number of aliphatic hydroxyl groups excluding tert-OH is 8. The third-order valence-corrected chi connectivity index (χ3v) is 16.8. The number of rotatable bonds is 57. The van der Waals surface area contributed by atoms with E-state index in [4.69, 9.17) is 18.9 Å². The van der Waals surface area contributed by atoms with Gasteiger partial charge in [-0.2, -0.15) is 0 Å². The molecular weight excluding hydrogens is 1120 g/mol. The van der Waals surface area contributed by atoms with Gasteiger partial charge in [0.2, 0.25) is 5.91 Å². The Labute approximate surface area is 540 Å². The van der Waals surface area contributed by atoms with Crippen LogP contribution in [-0.2, 0) is 23.7 Å². The summed E-state index contributed by atoms with van der Waals surface area (Å²) < 4.78 is 22.9. The van der Waals surface area contributed by atoms with Gasteiger partial charge in [-0.25, -0.2) is 0 Å². The molecule has 0 spiro atoms. The Morgan fingerprint density at radius 3 is 1.19 bits per heavy atom. The average molecular weight is 1250 g/mol. The quantitative estimate of drug-likeness (QED) is 0.0204. The van der Waals surface area contributed by atoms with E-state index >= 15 is 0 Å². The van der Waals surface area contributed by atoms with Crippen LogP contribution in [0, 0.1) is 0 Å². The Morgan fingerprint density at radius 1 is 0.416 bits per heavy atom. The van der Waals surface area contributed by atoms with E-state index in [2.05, 4.69) is 129 Å². The van der Waals surface area contributed by atoms with Crippen molar-refractivity contribution >= 4 is 5.91 Å². The van der Waals surface area contributed by atoms with E-state index in [0.29, 0.717) is 12.8 Å². The summed E-state index contributed by atoms with van der Waals surface area (Å²) >= 11 is 0. The number of carbonyl (C=O) groups excluding carboxylic acids is 1. The first kappa shape index (κ1) is 81.7. The molecule has 0 radical (unpaired) electrons. The Morgan fingerprint density at radius 2 is 0.775 bits per heavy atom. The summed E-state index contributed by atoms with van der Waals surface area (Å²) in [5.41, 5.74) is 0. The van der Waals surface area contributed by atoms with E-state index < -0.39 is 86.8 Å². The number of allylic oxidation sites excluding steroid dienone is 18. The molecule has 12 unspecified atom stereocenters. The van der Waals surface area contributed by atoms with E-state index in [1.54, 1.807) is 0 Å². The van der Waals surface area contributed by atoms with Crippen LogP contribution in [0.5, 0.6) is 0 Å². The molecule has 1 amide bonds. The number of hydrogen-bond acceptors (Lipinski definition) is 13. The summed E-state index contributed by atoms with van der Waals surface area (Å²) in [5, 5.41) is 87.6. The van der Waals surface area contributed by atoms with E-state index in [9.17, 15) is 45.6 Å².